The minimum absolute atomic E-state index is 0.0712. The van der Waals surface area contributed by atoms with Crippen LogP contribution in [-0.2, 0) is 22.4 Å². The maximum atomic E-state index is 12.7. The summed E-state index contributed by atoms with van der Waals surface area (Å²) >= 11 is 2.63. The van der Waals surface area contributed by atoms with Gasteiger partial charge < -0.3 is 20.6 Å². The Bertz CT molecular complexity index is 1160. The Balaban J connectivity index is 1.43. The maximum absolute atomic E-state index is 12.7. The minimum atomic E-state index is -0.418. The van der Waals surface area contributed by atoms with Gasteiger partial charge in [-0.05, 0) is 62.4 Å². The van der Waals surface area contributed by atoms with Gasteiger partial charge in [0.15, 0.2) is 5.82 Å². The van der Waals surface area contributed by atoms with Crippen LogP contribution in [0.1, 0.15) is 40.6 Å². The molecule has 0 radical (unpaired) electrons. The Kier molecular flexibility index (Phi) is 7.19. The summed E-state index contributed by atoms with van der Waals surface area (Å²) in [6, 6.07) is 7.39. The molecule has 174 valence electrons. The predicted octanol–water partition coefficient (Wildman–Crippen LogP) is 3.52. The van der Waals surface area contributed by atoms with Crippen molar-refractivity contribution in [1.29, 1.82) is 0 Å². The number of ether oxygens (including phenoxy) is 2. The van der Waals surface area contributed by atoms with E-state index in [0.29, 0.717) is 28.2 Å². The van der Waals surface area contributed by atoms with Crippen LogP contribution < -0.4 is 15.9 Å². The monoisotopic (exact) mass is 487 g/mol. The number of esters is 1. The van der Waals surface area contributed by atoms with E-state index in [-0.39, 0.29) is 11.7 Å². The summed E-state index contributed by atoms with van der Waals surface area (Å²) in [5.74, 6) is 6.81. The van der Waals surface area contributed by atoms with E-state index in [1.54, 1.807) is 0 Å². The van der Waals surface area contributed by atoms with Crippen LogP contribution in [-0.4, -0.2) is 46.2 Å². The number of hydrogen-bond donors (Lipinski definition) is 2. The highest BCUT2D eigenvalue weighted by Crippen LogP contribution is 2.38. The van der Waals surface area contributed by atoms with Crippen LogP contribution in [0.3, 0.4) is 0 Å². The Labute approximate surface area is 199 Å². The van der Waals surface area contributed by atoms with Gasteiger partial charge in [0, 0.05) is 10.4 Å². The number of nitrogens with zero attached hydrogens (tertiary/aromatic N) is 3. The van der Waals surface area contributed by atoms with Crippen molar-refractivity contribution in [3.05, 3.63) is 40.3 Å². The molecule has 0 fully saturated rings. The largest absolute Gasteiger partial charge is 0.494 e. The van der Waals surface area contributed by atoms with Crippen molar-refractivity contribution < 1.29 is 19.1 Å². The topological polar surface area (TPSA) is 121 Å². The Morgan fingerprint density at radius 1 is 1.21 bits per heavy atom. The molecule has 2 heterocycles. The van der Waals surface area contributed by atoms with Crippen molar-refractivity contribution in [3.63, 3.8) is 0 Å². The molecular formula is C22H25N5O4S2. The van der Waals surface area contributed by atoms with Crippen molar-refractivity contribution in [2.75, 3.05) is 30.6 Å². The van der Waals surface area contributed by atoms with Gasteiger partial charge in [0.1, 0.15) is 10.8 Å². The zero-order chi connectivity index (χ0) is 23.4. The van der Waals surface area contributed by atoms with E-state index in [9.17, 15) is 9.59 Å². The lowest BCUT2D eigenvalue weighted by atomic mass is 9.95. The average molecular weight is 488 g/mol. The molecule has 2 aromatic heterocycles. The smallest absolute Gasteiger partial charge is 0.341 e. The summed E-state index contributed by atoms with van der Waals surface area (Å²) in [7, 11) is 1.35. The first kappa shape index (κ1) is 23.1. The number of carbonyl (C=O) groups excluding carboxylic acids is 2. The van der Waals surface area contributed by atoms with Crippen molar-refractivity contribution >= 4 is 40.0 Å². The quantitative estimate of drug-likeness (QED) is 0.281. The number of thiophene rings is 1. The van der Waals surface area contributed by atoms with Gasteiger partial charge in [0.05, 0.1) is 25.0 Å². The van der Waals surface area contributed by atoms with Gasteiger partial charge in [0.25, 0.3) is 0 Å². The van der Waals surface area contributed by atoms with E-state index in [1.807, 2.05) is 31.2 Å². The number of anilines is 1. The zero-order valence-corrected chi connectivity index (χ0v) is 20.1. The van der Waals surface area contributed by atoms with Crippen LogP contribution in [0.2, 0.25) is 0 Å². The third kappa shape index (κ3) is 4.98. The summed E-state index contributed by atoms with van der Waals surface area (Å²) in [4.78, 5) is 26.2. The molecule has 33 heavy (non-hydrogen) atoms. The lowest BCUT2D eigenvalue weighted by Crippen LogP contribution is -2.18. The average Bonchev–Trinajstić information content (AvgIpc) is 3.37. The van der Waals surface area contributed by atoms with Gasteiger partial charge in [-0.3, -0.25) is 4.79 Å². The van der Waals surface area contributed by atoms with Gasteiger partial charge in [-0.2, -0.15) is 0 Å². The molecule has 0 bridgehead atoms. The molecule has 0 spiro atoms. The van der Waals surface area contributed by atoms with Crippen molar-refractivity contribution in [3.8, 4) is 17.1 Å². The molecular weight excluding hydrogens is 462 g/mol. The Morgan fingerprint density at radius 3 is 2.70 bits per heavy atom. The SMILES string of the molecule is CCOc1ccc(-c2nnc(SCC(=O)Nc3sc4c(c3C(=O)OC)CCCC4)n2N)cc1. The standard InChI is InChI=1S/C22H25N5O4S2/c1-3-31-14-10-8-13(9-11-14)19-25-26-22(27(19)23)32-12-17(28)24-20-18(21(29)30-2)15-6-4-5-7-16(15)33-20/h8-11H,3-7,12,23H2,1-2H3,(H,24,28). The molecule has 3 N–H and O–H groups in total. The number of benzene rings is 1. The number of thioether (sulfide) groups is 1. The van der Waals surface area contributed by atoms with Gasteiger partial charge in [-0.1, -0.05) is 11.8 Å². The molecule has 1 aromatic carbocycles. The van der Waals surface area contributed by atoms with Gasteiger partial charge >= 0.3 is 5.97 Å². The first-order valence-corrected chi connectivity index (χ1v) is 12.4. The van der Waals surface area contributed by atoms with Gasteiger partial charge in [0.2, 0.25) is 11.1 Å². The normalized spacial score (nSPS) is 12.8. The van der Waals surface area contributed by atoms with Crippen LogP contribution in [0.4, 0.5) is 5.00 Å². The summed E-state index contributed by atoms with van der Waals surface area (Å²) < 4.78 is 11.8. The lowest BCUT2D eigenvalue weighted by Gasteiger charge is -2.11. The molecule has 1 aliphatic rings. The molecule has 11 heteroatoms. The van der Waals surface area contributed by atoms with E-state index in [1.165, 1.54) is 34.9 Å². The number of fused-ring (bicyclic) bond motifs is 1. The summed E-state index contributed by atoms with van der Waals surface area (Å²) in [5, 5.41) is 12.1. The molecule has 0 aliphatic heterocycles. The second kappa shape index (κ2) is 10.3. The van der Waals surface area contributed by atoms with Gasteiger partial charge in [-0.15, -0.1) is 21.5 Å². The maximum Gasteiger partial charge on any atom is 0.341 e. The summed E-state index contributed by atoms with van der Waals surface area (Å²) in [5.41, 5.74) is 2.27. The van der Waals surface area contributed by atoms with E-state index < -0.39 is 5.97 Å². The highest BCUT2D eigenvalue weighted by molar-refractivity contribution is 7.99. The fourth-order valence-electron chi connectivity index (χ4n) is 3.70. The molecule has 0 saturated heterocycles. The van der Waals surface area contributed by atoms with E-state index in [2.05, 4.69) is 15.5 Å². The number of rotatable bonds is 8. The Hall–Kier alpha value is -3.05. The summed E-state index contributed by atoms with van der Waals surface area (Å²) in [6.45, 7) is 2.51. The fourth-order valence-corrected chi connectivity index (χ4v) is 5.65. The van der Waals surface area contributed by atoms with Crippen LogP contribution in [0.15, 0.2) is 29.4 Å². The minimum Gasteiger partial charge on any atom is -0.494 e. The molecule has 0 atom stereocenters. The zero-order valence-electron chi connectivity index (χ0n) is 18.4. The second-order valence-electron chi connectivity index (χ2n) is 7.38. The first-order chi connectivity index (χ1) is 16.0. The number of nitrogens with two attached hydrogens (primary N) is 1. The van der Waals surface area contributed by atoms with Crippen LogP contribution in [0, 0.1) is 0 Å². The van der Waals surface area contributed by atoms with Crippen LogP contribution >= 0.6 is 23.1 Å². The number of aromatic nitrogens is 3. The lowest BCUT2D eigenvalue weighted by molar-refractivity contribution is -0.113. The predicted molar refractivity (Wildman–Crippen MR) is 128 cm³/mol. The molecule has 0 unspecified atom stereocenters. The van der Waals surface area contributed by atoms with E-state index in [0.717, 1.165) is 47.4 Å². The fraction of sp³-hybridized carbons (Fsp3) is 0.364. The number of methoxy groups -OCH3 is 1. The van der Waals surface area contributed by atoms with Crippen molar-refractivity contribution in [1.82, 2.24) is 14.9 Å². The summed E-state index contributed by atoms with van der Waals surface area (Å²) in [6.07, 6.45) is 3.85. The van der Waals surface area contributed by atoms with Gasteiger partial charge in [-0.25, -0.2) is 9.47 Å². The molecule has 1 amide bonds. The Morgan fingerprint density at radius 2 is 1.97 bits per heavy atom. The molecule has 9 nitrogen and oxygen atoms in total. The molecule has 1 aliphatic carbocycles. The number of carbonyl (C=O) groups is 2. The highest BCUT2D eigenvalue weighted by Gasteiger charge is 2.27. The molecule has 4 rings (SSSR count). The number of nitrogen functional groups attached to an aromatic ring is 1. The third-order valence-corrected chi connectivity index (χ3v) is 7.38. The first-order valence-electron chi connectivity index (χ1n) is 10.6. The van der Waals surface area contributed by atoms with Crippen molar-refractivity contribution in [2.45, 2.75) is 37.8 Å². The highest BCUT2D eigenvalue weighted by atomic mass is 32.2. The molecule has 3 aromatic rings. The van der Waals surface area contributed by atoms with E-state index in [4.69, 9.17) is 15.3 Å². The number of hydrogen-bond acceptors (Lipinski definition) is 9. The van der Waals surface area contributed by atoms with Crippen molar-refractivity contribution in [2.24, 2.45) is 0 Å². The van der Waals surface area contributed by atoms with Crippen LogP contribution in [0.25, 0.3) is 11.4 Å². The molecule has 0 saturated carbocycles. The number of aryl methyl sites for hydroxylation is 1. The number of nitrogens with one attached hydrogen (secondary N) is 1. The number of amides is 1. The third-order valence-electron chi connectivity index (χ3n) is 5.23. The van der Waals surface area contributed by atoms with Crippen LogP contribution in [0.5, 0.6) is 5.75 Å². The van der Waals surface area contributed by atoms with E-state index >= 15 is 0 Å². The second-order valence-corrected chi connectivity index (χ2v) is 9.42.